The molecule has 0 radical (unpaired) electrons. The number of unbranched alkanes of at least 4 members (excludes halogenated alkanes) is 3. The van der Waals surface area contributed by atoms with Crippen LogP contribution in [-0.2, 0) is 6.54 Å². The van der Waals surface area contributed by atoms with Crippen LogP contribution in [0, 0.1) is 0 Å². The Balaban J connectivity index is 1.52. The molecular formula is C28H37BrN2O3. The van der Waals surface area contributed by atoms with Crippen molar-refractivity contribution in [3.8, 4) is 11.5 Å². The summed E-state index contributed by atoms with van der Waals surface area (Å²) >= 11 is 3.47. The van der Waals surface area contributed by atoms with E-state index in [1.165, 1.54) is 38.5 Å². The zero-order chi connectivity index (χ0) is 23.8. The van der Waals surface area contributed by atoms with Gasteiger partial charge in [0.25, 0.3) is 0 Å². The van der Waals surface area contributed by atoms with Crippen LogP contribution >= 0.6 is 15.9 Å². The van der Waals surface area contributed by atoms with Crippen molar-refractivity contribution >= 4 is 27.0 Å². The molecule has 1 aromatic heterocycles. The third-order valence-electron chi connectivity index (χ3n) is 6.75. The van der Waals surface area contributed by atoms with E-state index in [9.17, 15) is 4.79 Å². The van der Waals surface area contributed by atoms with Crippen molar-refractivity contribution in [2.75, 3.05) is 18.5 Å². The van der Waals surface area contributed by atoms with Gasteiger partial charge in [-0.2, -0.15) is 0 Å². The quantitative estimate of drug-likeness (QED) is 0.186. The maximum atomic E-state index is 13.6. The molecule has 34 heavy (non-hydrogen) atoms. The van der Waals surface area contributed by atoms with E-state index in [1.807, 2.05) is 46.4 Å². The van der Waals surface area contributed by atoms with E-state index in [0.29, 0.717) is 13.2 Å². The number of rotatable bonds is 12. The summed E-state index contributed by atoms with van der Waals surface area (Å²) in [5, 5.41) is 1.07. The molecule has 0 N–H and O–H groups in total. The molecule has 2 aromatic carbocycles. The van der Waals surface area contributed by atoms with Crippen molar-refractivity contribution in [3.05, 3.63) is 58.5 Å². The van der Waals surface area contributed by atoms with E-state index in [1.54, 1.807) is 0 Å². The molecule has 0 saturated heterocycles. The van der Waals surface area contributed by atoms with Gasteiger partial charge >= 0.3 is 5.69 Å². The Morgan fingerprint density at radius 2 is 1.62 bits per heavy atom. The number of fused-ring (bicyclic) bond motifs is 1. The number of imidazole rings is 1. The summed E-state index contributed by atoms with van der Waals surface area (Å²) in [6.45, 7) is 3.90. The zero-order valence-electron chi connectivity index (χ0n) is 20.3. The van der Waals surface area contributed by atoms with Crippen LogP contribution in [0.1, 0.15) is 76.3 Å². The first-order valence-electron chi connectivity index (χ1n) is 12.9. The molecule has 1 heterocycles. The number of hydrogen-bond donors (Lipinski definition) is 0. The number of ether oxygens (including phenoxy) is 2. The monoisotopic (exact) mass is 528 g/mol. The van der Waals surface area contributed by atoms with Crippen LogP contribution in [0.4, 0.5) is 0 Å². The summed E-state index contributed by atoms with van der Waals surface area (Å²) < 4.78 is 15.6. The number of nitrogens with zero attached hydrogens (tertiary/aromatic N) is 2. The van der Waals surface area contributed by atoms with Crippen LogP contribution in [0.3, 0.4) is 0 Å². The Bertz CT molecular complexity index is 1100. The molecule has 0 atom stereocenters. The van der Waals surface area contributed by atoms with Gasteiger partial charge < -0.3 is 9.47 Å². The van der Waals surface area contributed by atoms with Crippen molar-refractivity contribution < 1.29 is 9.47 Å². The van der Waals surface area contributed by atoms with E-state index in [2.05, 4.69) is 28.1 Å². The van der Waals surface area contributed by atoms with Crippen LogP contribution in [0.15, 0.2) is 47.3 Å². The minimum atomic E-state index is 0.0827. The molecule has 184 valence electrons. The summed E-state index contributed by atoms with van der Waals surface area (Å²) in [7, 11) is 0. The van der Waals surface area contributed by atoms with Gasteiger partial charge in [-0.15, -0.1) is 0 Å². The van der Waals surface area contributed by atoms with E-state index in [0.717, 1.165) is 59.3 Å². The summed E-state index contributed by atoms with van der Waals surface area (Å²) in [5.41, 5.74) is 3.15. The fourth-order valence-electron chi connectivity index (χ4n) is 4.98. The predicted octanol–water partition coefficient (Wildman–Crippen LogP) is 7.09. The smallest absolute Gasteiger partial charge is 0.329 e. The SMILES string of the molecule is CCOc1ccc2c(c1)n(C1CCCCC1)c(=O)n2Cc1ccc(OCCCCCCBr)cc1. The Kier molecular flexibility index (Phi) is 9.14. The fourth-order valence-corrected chi connectivity index (χ4v) is 5.37. The first kappa shape index (κ1) is 24.9. The van der Waals surface area contributed by atoms with Gasteiger partial charge in [0.15, 0.2) is 0 Å². The van der Waals surface area contributed by atoms with Gasteiger partial charge in [-0.25, -0.2) is 4.79 Å². The van der Waals surface area contributed by atoms with Crippen LogP contribution in [0.5, 0.6) is 11.5 Å². The van der Waals surface area contributed by atoms with E-state index < -0.39 is 0 Å². The highest BCUT2D eigenvalue weighted by atomic mass is 79.9. The minimum Gasteiger partial charge on any atom is -0.494 e. The average Bonchev–Trinajstić information content (AvgIpc) is 3.13. The summed E-state index contributed by atoms with van der Waals surface area (Å²) in [5.74, 6) is 1.72. The lowest BCUT2D eigenvalue weighted by Crippen LogP contribution is -2.29. The summed E-state index contributed by atoms with van der Waals surface area (Å²) in [4.78, 5) is 13.6. The molecule has 5 nitrogen and oxygen atoms in total. The molecule has 1 aliphatic carbocycles. The molecule has 0 unspecified atom stereocenters. The standard InChI is InChI=1S/C28H37BrN2O3/c1-2-33-25-16-17-26-27(20-25)31(23-10-6-5-7-11-23)28(32)30(26)21-22-12-14-24(15-13-22)34-19-9-4-3-8-18-29/h12-17,20,23H,2-11,18-19,21H2,1H3. The molecule has 6 heteroatoms. The molecule has 0 spiro atoms. The molecular weight excluding hydrogens is 492 g/mol. The highest BCUT2D eigenvalue weighted by Crippen LogP contribution is 2.31. The second-order valence-corrected chi connectivity index (χ2v) is 10.0. The highest BCUT2D eigenvalue weighted by molar-refractivity contribution is 9.09. The lowest BCUT2D eigenvalue weighted by Gasteiger charge is -2.23. The Labute approximate surface area is 211 Å². The number of halogens is 1. The van der Waals surface area contributed by atoms with Gasteiger partial charge in [-0.3, -0.25) is 9.13 Å². The molecule has 1 saturated carbocycles. The Morgan fingerprint density at radius 1 is 0.882 bits per heavy atom. The van der Waals surface area contributed by atoms with Crippen LogP contribution in [0.25, 0.3) is 11.0 Å². The Morgan fingerprint density at radius 3 is 2.35 bits per heavy atom. The molecule has 3 aromatic rings. The van der Waals surface area contributed by atoms with Crippen molar-refractivity contribution in [2.45, 2.75) is 77.3 Å². The van der Waals surface area contributed by atoms with Crippen molar-refractivity contribution in [3.63, 3.8) is 0 Å². The topological polar surface area (TPSA) is 45.4 Å². The molecule has 0 amide bonds. The normalized spacial score (nSPS) is 14.5. The first-order valence-corrected chi connectivity index (χ1v) is 14.0. The fraction of sp³-hybridized carbons (Fsp3) is 0.536. The van der Waals surface area contributed by atoms with Crippen LogP contribution in [-0.4, -0.2) is 27.7 Å². The predicted molar refractivity (Wildman–Crippen MR) is 143 cm³/mol. The van der Waals surface area contributed by atoms with Gasteiger partial charge in [0.05, 0.1) is 30.8 Å². The third kappa shape index (κ3) is 6.07. The van der Waals surface area contributed by atoms with Gasteiger partial charge in [-0.05, 0) is 62.4 Å². The van der Waals surface area contributed by atoms with Crippen molar-refractivity contribution in [1.29, 1.82) is 0 Å². The van der Waals surface area contributed by atoms with Gasteiger partial charge in [0, 0.05) is 17.4 Å². The first-order chi connectivity index (χ1) is 16.7. The molecule has 0 bridgehead atoms. The zero-order valence-corrected chi connectivity index (χ0v) is 21.9. The third-order valence-corrected chi connectivity index (χ3v) is 7.31. The van der Waals surface area contributed by atoms with E-state index >= 15 is 0 Å². The highest BCUT2D eigenvalue weighted by Gasteiger charge is 2.23. The molecule has 4 rings (SSSR count). The summed E-state index contributed by atoms with van der Waals surface area (Å²) in [6.07, 6.45) is 10.5. The maximum Gasteiger partial charge on any atom is 0.329 e. The van der Waals surface area contributed by atoms with Crippen molar-refractivity contribution in [2.24, 2.45) is 0 Å². The van der Waals surface area contributed by atoms with Gasteiger partial charge in [0.2, 0.25) is 0 Å². The Hall–Kier alpha value is -2.21. The number of alkyl halides is 1. The van der Waals surface area contributed by atoms with Gasteiger partial charge in [-0.1, -0.05) is 60.2 Å². The van der Waals surface area contributed by atoms with E-state index in [4.69, 9.17) is 9.47 Å². The number of benzene rings is 2. The minimum absolute atomic E-state index is 0.0827. The maximum absolute atomic E-state index is 13.6. The average molecular weight is 530 g/mol. The number of hydrogen-bond acceptors (Lipinski definition) is 3. The lowest BCUT2D eigenvalue weighted by molar-refractivity contribution is 0.305. The van der Waals surface area contributed by atoms with E-state index in [-0.39, 0.29) is 11.7 Å². The van der Waals surface area contributed by atoms with Crippen LogP contribution in [0.2, 0.25) is 0 Å². The summed E-state index contributed by atoms with van der Waals surface area (Å²) in [6, 6.07) is 14.5. The van der Waals surface area contributed by atoms with Crippen LogP contribution < -0.4 is 15.2 Å². The molecule has 1 fully saturated rings. The second kappa shape index (κ2) is 12.5. The molecule has 1 aliphatic rings. The van der Waals surface area contributed by atoms with Crippen molar-refractivity contribution in [1.82, 2.24) is 9.13 Å². The largest absolute Gasteiger partial charge is 0.494 e. The second-order valence-electron chi connectivity index (χ2n) is 9.21. The lowest BCUT2D eigenvalue weighted by atomic mass is 9.95. The van der Waals surface area contributed by atoms with Gasteiger partial charge in [0.1, 0.15) is 11.5 Å². The number of aromatic nitrogens is 2. The molecule has 0 aliphatic heterocycles.